The van der Waals surface area contributed by atoms with Crippen molar-refractivity contribution < 1.29 is 19.0 Å². The smallest absolute Gasteiger partial charge is 0.242 e. The minimum Gasteiger partial charge on any atom is -0.497 e. The van der Waals surface area contributed by atoms with Gasteiger partial charge in [0.25, 0.3) is 0 Å². The molecule has 3 N–H and O–H groups in total. The molecular formula is C19H23N3O4S. The van der Waals surface area contributed by atoms with Crippen LogP contribution in [0.25, 0.3) is 0 Å². The molecular weight excluding hydrogens is 366 g/mol. The van der Waals surface area contributed by atoms with Crippen LogP contribution < -0.4 is 30.4 Å². The molecule has 8 heteroatoms. The Morgan fingerprint density at radius 2 is 1.56 bits per heavy atom. The van der Waals surface area contributed by atoms with E-state index in [2.05, 4.69) is 16.2 Å². The summed E-state index contributed by atoms with van der Waals surface area (Å²) in [4.78, 5) is 12.1. The van der Waals surface area contributed by atoms with Crippen molar-refractivity contribution in [2.75, 3.05) is 21.3 Å². The molecule has 0 aromatic heterocycles. The van der Waals surface area contributed by atoms with Crippen LogP contribution in [0.5, 0.6) is 17.2 Å². The van der Waals surface area contributed by atoms with Gasteiger partial charge in [0.2, 0.25) is 5.91 Å². The van der Waals surface area contributed by atoms with Gasteiger partial charge >= 0.3 is 0 Å². The number of thiocarbonyl (C=S) groups is 1. The number of hydrogen-bond donors (Lipinski definition) is 3. The fourth-order valence-electron chi connectivity index (χ4n) is 2.32. The van der Waals surface area contributed by atoms with Crippen molar-refractivity contribution in [1.82, 2.24) is 16.2 Å². The molecule has 0 aliphatic carbocycles. The van der Waals surface area contributed by atoms with E-state index in [9.17, 15) is 4.79 Å². The predicted molar refractivity (Wildman–Crippen MR) is 107 cm³/mol. The van der Waals surface area contributed by atoms with Crippen molar-refractivity contribution in [2.24, 2.45) is 0 Å². The molecule has 27 heavy (non-hydrogen) atoms. The second kappa shape index (κ2) is 10.2. The summed E-state index contributed by atoms with van der Waals surface area (Å²) in [6, 6.07) is 12.9. The van der Waals surface area contributed by atoms with Crippen LogP contribution in [0.4, 0.5) is 0 Å². The summed E-state index contributed by atoms with van der Waals surface area (Å²) in [6.45, 7) is 0.529. The Labute approximate surface area is 164 Å². The lowest BCUT2D eigenvalue weighted by Crippen LogP contribution is -2.47. The SMILES string of the molecule is COc1ccc(CNC(=S)NNC(=O)Cc2ccc(OC)c(OC)c2)cc1. The molecule has 0 saturated carbocycles. The average molecular weight is 389 g/mol. The van der Waals surface area contributed by atoms with Gasteiger partial charge in [-0.05, 0) is 47.6 Å². The Hall–Kier alpha value is -3.00. The summed E-state index contributed by atoms with van der Waals surface area (Å²) < 4.78 is 15.5. The second-order valence-electron chi connectivity index (χ2n) is 5.57. The molecule has 0 saturated heterocycles. The maximum atomic E-state index is 12.1. The van der Waals surface area contributed by atoms with E-state index in [-0.39, 0.29) is 12.3 Å². The van der Waals surface area contributed by atoms with E-state index in [0.717, 1.165) is 16.9 Å². The fourth-order valence-corrected chi connectivity index (χ4v) is 2.44. The van der Waals surface area contributed by atoms with Crippen LogP contribution in [0, 0.1) is 0 Å². The van der Waals surface area contributed by atoms with Gasteiger partial charge in [0.15, 0.2) is 16.6 Å². The first-order valence-electron chi connectivity index (χ1n) is 8.22. The van der Waals surface area contributed by atoms with Crippen LogP contribution in [0.15, 0.2) is 42.5 Å². The molecule has 0 atom stereocenters. The summed E-state index contributed by atoms with van der Waals surface area (Å²) in [5.41, 5.74) is 7.09. The highest BCUT2D eigenvalue weighted by molar-refractivity contribution is 7.80. The molecule has 7 nitrogen and oxygen atoms in total. The molecule has 0 fully saturated rings. The topological polar surface area (TPSA) is 80.9 Å². The molecule has 0 unspecified atom stereocenters. The zero-order valence-electron chi connectivity index (χ0n) is 15.5. The largest absolute Gasteiger partial charge is 0.497 e. The van der Waals surface area contributed by atoms with Gasteiger partial charge in [-0.1, -0.05) is 18.2 Å². The normalized spacial score (nSPS) is 9.89. The third kappa shape index (κ3) is 6.34. The first kappa shape index (κ1) is 20.3. The molecule has 0 heterocycles. The number of ether oxygens (including phenoxy) is 3. The van der Waals surface area contributed by atoms with Crippen LogP contribution in [-0.4, -0.2) is 32.3 Å². The van der Waals surface area contributed by atoms with Gasteiger partial charge in [0, 0.05) is 6.54 Å². The molecule has 0 radical (unpaired) electrons. The summed E-state index contributed by atoms with van der Waals surface area (Å²) in [5.74, 6) is 1.76. The van der Waals surface area contributed by atoms with Crippen LogP contribution >= 0.6 is 12.2 Å². The lowest BCUT2D eigenvalue weighted by atomic mass is 10.1. The summed E-state index contributed by atoms with van der Waals surface area (Å²) in [6.07, 6.45) is 0.175. The van der Waals surface area contributed by atoms with Crippen LogP contribution in [0.3, 0.4) is 0 Å². The number of rotatable bonds is 7. The van der Waals surface area contributed by atoms with Gasteiger partial charge in [0.1, 0.15) is 5.75 Å². The highest BCUT2D eigenvalue weighted by Crippen LogP contribution is 2.27. The van der Waals surface area contributed by atoms with Crippen molar-refractivity contribution in [2.45, 2.75) is 13.0 Å². The highest BCUT2D eigenvalue weighted by Gasteiger charge is 2.08. The molecule has 144 valence electrons. The van der Waals surface area contributed by atoms with E-state index >= 15 is 0 Å². The molecule has 2 aromatic carbocycles. The Morgan fingerprint density at radius 3 is 2.19 bits per heavy atom. The number of hydrogen-bond acceptors (Lipinski definition) is 5. The molecule has 0 spiro atoms. The van der Waals surface area contributed by atoms with Crippen molar-refractivity contribution in [3.8, 4) is 17.2 Å². The first-order valence-corrected chi connectivity index (χ1v) is 8.63. The maximum Gasteiger partial charge on any atom is 0.242 e. The van der Waals surface area contributed by atoms with Gasteiger partial charge < -0.3 is 19.5 Å². The average Bonchev–Trinajstić information content (AvgIpc) is 2.70. The second-order valence-corrected chi connectivity index (χ2v) is 5.98. The van der Waals surface area contributed by atoms with Crippen LogP contribution in [0.2, 0.25) is 0 Å². The Kier molecular flexibility index (Phi) is 7.69. The zero-order valence-corrected chi connectivity index (χ0v) is 16.3. The number of hydrazine groups is 1. The molecule has 2 rings (SSSR count). The quantitative estimate of drug-likeness (QED) is 0.493. The Bertz CT molecular complexity index is 781. The van der Waals surface area contributed by atoms with Gasteiger partial charge in [-0.25, -0.2) is 0 Å². The molecule has 0 bridgehead atoms. The van der Waals surface area contributed by atoms with Crippen molar-refractivity contribution in [1.29, 1.82) is 0 Å². The summed E-state index contributed by atoms with van der Waals surface area (Å²) >= 11 is 5.16. The minimum absolute atomic E-state index is 0.175. The van der Waals surface area contributed by atoms with Gasteiger partial charge in [-0.15, -0.1) is 0 Å². The Balaban J connectivity index is 1.76. The monoisotopic (exact) mass is 389 g/mol. The summed E-state index contributed by atoms with van der Waals surface area (Å²) in [7, 11) is 4.74. The fraction of sp³-hybridized carbons (Fsp3) is 0.263. The third-order valence-electron chi connectivity index (χ3n) is 3.74. The number of amides is 1. The highest BCUT2D eigenvalue weighted by atomic mass is 32.1. The lowest BCUT2D eigenvalue weighted by Gasteiger charge is -2.13. The van der Waals surface area contributed by atoms with Gasteiger partial charge in [-0.2, -0.15) is 0 Å². The van der Waals surface area contributed by atoms with E-state index in [1.165, 1.54) is 0 Å². The predicted octanol–water partition coefficient (Wildman–Crippen LogP) is 1.95. The molecule has 0 aliphatic heterocycles. The lowest BCUT2D eigenvalue weighted by molar-refractivity contribution is -0.121. The third-order valence-corrected chi connectivity index (χ3v) is 3.99. The first-order chi connectivity index (χ1) is 13.0. The van der Waals surface area contributed by atoms with E-state index in [4.69, 9.17) is 26.4 Å². The van der Waals surface area contributed by atoms with E-state index in [0.29, 0.717) is 23.2 Å². The van der Waals surface area contributed by atoms with Crippen LogP contribution in [-0.2, 0) is 17.8 Å². The van der Waals surface area contributed by atoms with E-state index in [1.54, 1.807) is 39.5 Å². The molecule has 1 amide bonds. The van der Waals surface area contributed by atoms with Crippen molar-refractivity contribution in [3.63, 3.8) is 0 Å². The van der Waals surface area contributed by atoms with Gasteiger partial charge in [0.05, 0.1) is 27.8 Å². The van der Waals surface area contributed by atoms with Gasteiger partial charge in [-0.3, -0.25) is 15.6 Å². The number of carbonyl (C=O) groups is 1. The van der Waals surface area contributed by atoms with Crippen molar-refractivity contribution >= 4 is 23.2 Å². The number of methoxy groups -OCH3 is 3. The number of benzene rings is 2. The number of carbonyl (C=O) groups excluding carboxylic acids is 1. The Morgan fingerprint density at radius 1 is 0.889 bits per heavy atom. The zero-order chi connectivity index (χ0) is 19.6. The molecule has 0 aliphatic rings. The summed E-state index contributed by atoms with van der Waals surface area (Å²) in [5, 5.41) is 3.34. The number of nitrogens with one attached hydrogen (secondary N) is 3. The van der Waals surface area contributed by atoms with Crippen LogP contribution in [0.1, 0.15) is 11.1 Å². The van der Waals surface area contributed by atoms with E-state index < -0.39 is 0 Å². The van der Waals surface area contributed by atoms with E-state index in [1.807, 2.05) is 24.3 Å². The maximum absolute atomic E-state index is 12.1. The molecule has 2 aromatic rings. The van der Waals surface area contributed by atoms with Crippen molar-refractivity contribution in [3.05, 3.63) is 53.6 Å². The standard InChI is InChI=1S/C19H23N3O4S/c1-24-15-7-4-13(5-8-15)12-20-19(27)22-21-18(23)11-14-6-9-16(25-2)17(10-14)26-3/h4-10H,11-12H2,1-3H3,(H,21,23)(H2,20,22,27). The minimum atomic E-state index is -0.226.